The monoisotopic (exact) mass is 209 g/mol. The van der Waals surface area contributed by atoms with Crippen molar-refractivity contribution in [3.05, 3.63) is 28.7 Å². The molecule has 2 aromatic heterocycles. The average molecular weight is 210 g/mol. The van der Waals surface area contributed by atoms with Crippen LogP contribution < -0.4 is 0 Å². The summed E-state index contributed by atoms with van der Waals surface area (Å²) in [6, 6.07) is 1.70. The van der Waals surface area contributed by atoms with Gasteiger partial charge in [-0.3, -0.25) is 4.79 Å². The molecule has 2 heterocycles. The number of carbonyl (C=O) groups is 1. The van der Waals surface area contributed by atoms with E-state index in [1.54, 1.807) is 12.3 Å². The Morgan fingerprint density at radius 1 is 1.57 bits per heavy atom. The average Bonchev–Trinajstić information content (AvgIpc) is 2.48. The van der Waals surface area contributed by atoms with Gasteiger partial charge in [0, 0.05) is 12.3 Å². The number of fused-ring (bicyclic) bond motifs is 1. The van der Waals surface area contributed by atoms with Crippen molar-refractivity contribution in [3.8, 4) is 0 Å². The number of furan rings is 1. The number of hydrogen-bond acceptors (Lipinski definition) is 3. The van der Waals surface area contributed by atoms with E-state index in [0.29, 0.717) is 11.3 Å². The number of Topliss-reactive ketones (excluding diaryl/α,β-unsaturated/α-hetero) is 1. The van der Waals surface area contributed by atoms with E-state index >= 15 is 0 Å². The fourth-order valence-electron chi connectivity index (χ4n) is 1.30. The predicted molar refractivity (Wildman–Crippen MR) is 53.8 cm³/mol. The highest BCUT2D eigenvalue weighted by atomic mass is 35.5. The summed E-state index contributed by atoms with van der Waals surface area (Å²) in [6.45, 7) is 3.35. The molecule has 0 aromatic carbocycles. The van der Waals surface area contributed by atoms with E-state index in [1.807, 2.05) is 6.92 Å². The van der Waals surface area contributed by atoms with Crippen LogP contribution in [0.2, 0.25) is 5.15 Å². The van der Waals surface area contributed by atoms with Gasteiger partial charge in [0.2, 0.25) is 0 Å². The lowest BCUT2D eigenvalue weighted by Gasteiger charge is -1.97. The molecule has 0 fully saturated rings. The number of ketones is 1. The first-order valence-corrected chi connectivity index (χ1v) is 4.52. The maximum absolute atomic E-state index is 11.1. The van der Waals surface area contributed by atoms with Crippen LogP contribution in [0.15, 0.2) is 16.7 Å². The zero-order valence-corrected chi connectivity index (χ0v) is 8.55. The Labute approximate surface area is 85.7 Å². The summed E-state index contributed by atoms with van der Waals surface area (Å²) in [6.07, 6.45) is 1.60. The van der Waals surface area contributed by atoms with Gasteiger partial charge in [-0.1, -0.05) is 11.6 Å². The van der Waals surface area contributed by atoms with Crippen molar-refractivity contribution in [2.75, 3.05) is 0 Å². The molecule has 0 amide bonds. The van der Waals surface area contributed by atoms with E-state index in [-0.39, 0.29) is 10.9 Å². The second-order valence-electron chi connectivity index (χ2n) is 3.15. The maximum atomic E-state index is 11.1. The molecule has 0 spiro atoms. The van der Waals surface area contributed by atoms with Crippen LogP contribution in [0.25, 0.3) is 11.0 Å². The molecule has 0 N–H and O–H groups in total. The van der Waals surface area contributed by atoms with Crippen molar-refractivity contribution in [2.45, 2.75) is 13.8 Å². The maximum Gasteiger partial charge on any atom is 0.178 e. The van der Waals surface area contributed by atoms with E-state index in [1.165, 1.54) is 6.92 Å². The minimum atomic E-state index is -0.102. The lowest BCUT2D eigenvalue weighted by atomic mass is 10.2. The molecule has 0 aliphatic rings. The smallest absolute Gasteiger partial charge is 0.178 e. The molecular weight excluding hydrogens is 202 g/mol. The summed E-state index contributed by atoms with van der Waals surface area (Å²) in [4.78, 5) is 15.1. The highest BCUT2D eigenvalue weighted by Crippen LogP contribution is 2.26. The summed E-state index contributed by atoms with van der Waals surface area (Å²) < 4.78 is 5.21. The Morgan fingerprint density at radius 3 is 2.93 bits per heavy atom. The van der Waals surface area contributed by atoms with Crippen molar-refractivity contribution in [1.82, 2.24) is 4.98 Å². The Kier molecular flexibility index (Phi) is 2.04. The van der Waals surface area contributed by atoms with Gasteiger partial charge in [-0.2, -0.15) is 0 Å². The first-order chi connectivity index (χ1) is 6.59. The standard InChI is InChI=1S/C10H8ClNO2/c1-5-4-14-9-7(5)3-8(6(2)13)12-10(9)11/h3-4H,1-2H3. The topological polar surface area (TPSA) is 43.1 Å². The van der Waals surface area contributed by atoms with Gasteiger partial charge in [-0.15, -0.1) is 0 Å². The van der Waals surface area contributed by atoms with Gasteiger partial charge >= 0.3 is 0 Å². The van der Waals surface area contributed by atoms with E-state index < -0.39 is 0 Å². The number of nitrogens with zero attached hydrogens (tertiary/aromatic N) is 1. The van der Waals surface area contributed by atoms with Crippen LogP contribution >= 0.6 is 11.6 Å². The molecule has 0 saturated carbocycles. The summed E-state index contributed by atoms with van der Waals surface area (Å²) in [5.74, 6) is -0.102. The van der Waals surface area contributed by atoms with Crippen LogP contribution in [0.4, 0.5) is 0 Å². The Balaban J connectivity index is 2.82. The normalized spacial score (nSPS) is 10.8. The molecule has 4 heteroatoms. The Morgan fingerprint density at radius 2 is 2.29 bits per heavy atom. The molecule has 3 nitrogen and oxygen atoms in total. The minimum Gasteiger partial charge on any atom is -0.461 e. The highest BCUT2D eigenvalue weighted by molar-refractivity contribution is 6.33. The van der Waals surface area contributed by atoms with Crippen molar-refractivity contribution in [2.24, 2.45) is 0 Å². The van der Waals surface area contributed by atoms with Crippen molar-refractivity contribution < 1.29 is 9.21 Å². The second-order valence-corrected chi connectivity index (χ2v) is 3.51. The SMILES string of the molecule is CC(=O)c1cc2c(C)coc2c(Cl)n1. The van der Waals surface area contributed by atoms with Crippen LogP contribution in [0.1, 0.15) is 23.0 Å². The van der Waals surface area contributed by atoms with Gasteiger partial charge in [-0.05, 0) is 18.6 Å². The molecule has 2 aromatic rings. The molecule has 72 valence electrons. The molecule has 0 radical (unpaired) electrons. The molecule has 0 atom stereocenters. The Bertz CT molecular complexity index is 516. The molecule has 0 unspecified atom stereocenters. The zero-order chi connectivity index (χ0) is 10.3. The molecule has 14 heavy (non-hydrogen) atoms. The van der Waals surface area contributed by atoms with Crippen molar-refractivity contribution in [3.63, 3.8) is 0 Å². The molecular formula is C10H8ClNO2. The van der Waals surface area contributed by atoms with E-state index in [9.17, 15) is 4.79 Å². The van der Waals surface area contributed by atoms with Crippen LogP contribution in [0, 0.1) is 6.92 Å². The lowest BCUT2D eigenvalue weighted by molar-refractivity contribution is 0.101. The third-order valence-electron chi connectivity index (χ3n) is 2.07. The second kappa shape index (κ2) is 3.10. The Hall–Kier alpha value is -1.35. The number of carbonyl (C=O) groups excluding carboxylic acids is 1. The number of aromatic nitrogens is 1. The number of hydrogen-bond donors (Lipinski definition) is 0. The number of halogens is 1. The number of rotatable bonds is 1. The van der Waals surface area contributed by atoms with E-state index in [0.717, 1.165) is 10.9 Å². The fourth-order valence-corrected chi connectivity index (χ4v) is 1.54. The van der Waals surface area contributed by atoms with Crippen molar-refractivity contribution >= 4 is 28.4 Å². The number of pyridine rings is 1. The highest BCUT2D eigenvalue weighted by Gasteiger charge is 2.11. The van der Waals surface area contributed by atoms with Crippen molar-refractivity contribution in [1.29, 1.82) is 0 Å². The fraction of sp³-hybridized carbons (Fsp3) is 0.200. The van der Waals surface area contributed by atoms with Crippen LogP contribution in [-0.4, -0.2) is 10.8 Å². The van der Waals surface area contributed by atoms with Gasteiger partial charge in [0.05, 0.1) is 6.26 Å². The summed E-state index contributed by atoms with van der Waals surface area (Å²) >= 11 is 5.86. The third kappa shape index (κ3) is 1.30. The zero-order valence-electron chi connectivity index (χ0n) is 7.80. The minimum absolute atomic E-state index is 0.102. The number of aryl methyl sites for hydroxylation is 1. The molecule has 0 bridgehead atoms. The lowest BCUT2D eigenvalue weighted by Crippen LogP contribution is -1.96. The summed E-state index contributed by atoms with van der Waals surface area (Å²) in [7, 11) is 0. The predicted octanol–water partition coefficient (Wildman–Crippen LogP) is 2.99. The van der Waals surface area contributed by atoms with Gasteiger partial charge in [0.15, 0.2) is 16.5 Å². The quantitative estimate of drug-likeness (QED) is 0.536. The van der Waals surface area contributed by atoms with Gasteiger partial charge in [0.1, 0.15) is 5.69 Å². The van der Waals surface area contributed by atoms with Crippen LogP contribution in [0.3, 0.4) is 0 Å². The van der Waals surface area contributed by atoms with Crippen LogP contribution in [0.5, 0.6) is 0 Å². The third-order valence-corrected chi connectivity index (χ3v) is 2.33. The van der Waals surface area contributed by atoms with Gasteiger partial charge < -0.3 is 4.42 Å². The summed E-state index contributed by atoms with van der Waals surface area (Å²) in [5, 5.41) is 1.08. The first kappa shape index (κ1) is 9.21. The molecule has 0 aliphatic heterocycles. The van der Waals surface area contributed by atoms with E-state index in [2.05, 4.69) is 4.98 Å². The molecule has 2 rings (SSSR count). The summed E-state index contributed by atoms with van der Waals surface area (Å²) in [5.41, 5.74) is 1.85. The van der Waals surface area contributed by atoms with Gasteiger partial charge in [-0.25, -0.2) is 4.98 Å². The molecule has 0 aliphatic carbocycles. The van der Waals surface area contributed by atoms with Gasteiger partial charge in [0.25, 0.3) is 0 Å². The first-order valence-electron chi connectivity index (χ1n) is 4.15. The van der Waals surface area contributed by atoms with E-state index in [4.69, 9.17) is 16.0 Å². The molecule has 0 saturated heterocycles. The largest absolute Gasteiger partial charge is 0.461 e. The van der Waals surface area contributed by atoms with Crippen LogP contribution in [-0.2, 0) is 0 Å².